The molecule has 0 amide bonds. The first kappa shape index (κ1) is 22.7. The van der Waals surface area contributed by atoms with E-state index in [1.165, 1.54) is 5.56 Å². The van der Waals surface area contributed by atoms with Crippen LogP contribution in [0.5, 0.6) is 17.2 Å². The Balaban J connectivity index is 1.84. The van der Waals surface area contributed by atoms with Crippen LogP contribution in [0.15, 0.2) is 36.4 Å². The number of carbonyl (C=O) groups excluding carboxylic acids is 1. The SMILES string of the molecule is CCOC(=O)c1ccc(OC[C@@H]2c3cc(OC)c(OC)cc3CCN2C(=S)NC)cc1. The summed E-state index contributed by atoms with van der Waals surface area (Å²) in [5.41, 5.74) is 2.76. The summed E-state index contributed by atoms with van der Waals surface area (Å²) in [6.45, 7) is 3.26. The van der Waals surface area contributed by atoms with Gasteiger partial charge in [-0.2, -0.15) is 0 Å². The lowest BCUT2D eigenvalue weighted by Crippen LogP contribution is -2.46. The smallest absolute Gasteiger partial charge is 0.338 e. The van der Waals surface area contributed by atoms with E-state index in [-0.39, 0.29) is 12.0 Å². The quantitative estimate of drug-likeness (QED) is 0.515. The predicted molar refractivity (Wildman–Crippen MR) is 122 cm³/mol. The van der Waals surface area contributed by atoms with Crippen LogP contribution in [0.25, 0.3) is 0 Å². The fourth-order valence-electron chi connectivity index (χ4n) is 3.67. The minimum absolute atomic E-state index is 0.103. The van der Waals surface area contributed by atoms with Crippen LogP contribution in [0.1, 0.15) is 34.5 Å². The average molecular weight is 445 g/mol. The Morgan fingerprint density at radius 3 is 2.45 bits per heavy atom. The van der Waals surface area contributed by atoms with Gasteiger partial charge in [0, 0.05) is 13.6 Å². The molecule has 0 radical (unpaired) electrons. The van der Waals surface area contributed by atoms with Crippen molar-refractivity contribution < 1.29 is 23.7 Å². The van der Waals surface area contributed by atoms with Crippen molar-refractivity contribution >= 4 is 23.3 Å². The van der Waals surface area contributed by atoms with Gasteiger partial charge in [0.25, 0.3) is 0 Å². The van der Waals surface area contributed by atoms with Gasteiger partial charge >= 0.3 is 5.97 Å². The number of ether oxygens (including phenoxy) is 4. The van der Waals surface area contributed by atoms with Gasteiger partial charge in [-0.15, -0.1) is 0 Å². The molecular formula is C23H28N2O5S. The van der Waals surface area contributed by atoms with Crippen molar-refractivity contribution in [2.75, 3.05) is 41.0 Å². The molecule has 0 bridgehead atoms. The molecule has 2 aromatic rings. The number of esters is 1. The summed E-state index contributed by atoms with van der Waals surface area (Å²) >= 11 is 5.54. The molecule has 1 aliphatic heterocycles. The number of benzene rings is 2. The fraction of sp³-hybridized carbons (Fsp3) is 0.391. The fourth-order valence-corrected chi connectivity index (χ4v) is 3.89. The average Bonchev–Trinajstić information content (AvgIpc) is 2.81. The Labute approximate surface area is 188 Å². The van der Waals surface area contributed by atoms with Gasteiger partial charge in [-0.25, -0.2) is 4.79 Å². The van der Waals surface area contributed by atoms with Gasteiger partial charge in [-0.3, -0.25) is 0 Å². The number of thiocarbonyl (C=S) groups is 1. The topological polar surface area (TPSA) is 69.3 Å². The normalized spacial score (nSPS) is 15.0. The minimum Gasteiger partial charge on any atom is -0.493 e. The number of hydrogen-bond acceptors (Lipinski definition) is 6. The second kappa shape index (κ2) is 10.3. The Hall–Kier alpha value is -3.00. The number of nitrogens with one attached hydrogen (secondary N) is 1. The van der Waals surface area contributed by atoms with Crippen LogP contribution in [0.4, 0.5) is 0 Å². The van der Waals surface area contributed by atoms with E-state index in [4.69, 9.17) is 31.2 Å². The zero-order valence-electron chi connectivity index (χ0n) is 18.3. The van der Waals surface area contributed by atoms with Gasteiger partial charge in [-0.05, 0) is 73.1 Å². The molecule has 1 heterocycles. The zero-order chi connectivity index (χ0) is 22.4. The van der Waals surface area contributed by atoms with Gasteiger partial charge in [0.2, 0.25) is 0 Å². The summed E-state index contributed by atoms with van der Waals surface area (Å²) in [4.78, 5) is 14.0. The van der Waals surface area contributed by atoms with E-state index in [0.29, 0.717) is 41.1 Å². The first-order valence-electron chi connectivity index (χ1n) is 10.2. The maximum atomic E-state index is 11.8. The lowest BCUT2D eigenvalue weighted by molar-refractivity contribution is 0.0526. The van der Waals surface area contributed by atoms with E-state index in [0.717, 1.165) is 18.5 Å². The third kappa shape index (κ3) is 5.02. The number of methoxy groups -OCH3 is 2. The molecule has 166 valence electrons. The predicted octanol–water partition coefficient (Wildman–Crippen LogP) is 3.36. The summed E-state index contributed by atoms with van der Waals surface area (Å²) < 4.78 is 22.1. The van der Waals surface area contributed by atoms with E-state index < -0.39 is 0 Å². The number of rotatable bonds is 7. The summed E-state index contributed by atoms with van der Waals surface area (Å²) in [5.74, 6) is 1.69. The number of carbonyl (C=O) groups is 1. The van der Waals surface area contributed by atoms with Gasteiger partial charge in [0.05, 0.1) is 32.4 Å². The molecule has 0 fully saturated rings. The first-order valence-corrected chi connectivity index (χ1v) is 10.6. The van der Waals surface area contributed by atoms with E-state index in [9.17, 15) is 4.79 Å². The van der Waals surface area contributed by atoms with E-state index >= 15 is 0 Å². The molecule has 0 aromatic heterocycles. The molecule has 3 rings (SSSR count). The van der Waals surface area contributed by atoms with Gasteiger partial charge in [-0.1, -0.05) is 0 Å². The van der Waals surface area contributed by atoms with Crippen LogP contribution in [0.3, 0.4) is 0 Å². The molecule has 8 heteroatoms. The van der Waals surface area contributed by atoms with Crippen molar-refractivity contribution in [3.63, 3.8) is 0 Å². The molecular weight excluding hydrogens is 416 g/mol. The van der Waals surface area contributed by atoms with Crippen LogP contribution < -0.4 is 19.5 Å². The highest BCUT2D eigenvalue weighted by Gasteiger charge is 2.31. The van der Waals surface area contributed by atoms with E-state index in [2.05, 4.69) is 10.2 Å². The van der Waals surface area contributed by atoms with Gasteiger partial charge < -0.3 is 29.2 Å². The minimum atomic E-state index is -0.346. The van der Waals surface area contributed by atoms with Crippen LogP contribution >= 0.6 is 12.2 Å². The second-order valence-electron chi connectivity index (χ2n) is 6.98. The molecule has 1 N–H and O–H groups in total. The Bertz CT molecular complexity index is 932. The maximum Gasteiger partial charge on any atom is 0.338 e. The Kier molecular flexibility index (Phi) is 7.57. The largest absolute Gasteiger partial charge is 0.493 e. The Morgan fingerprint density at radius 2 is 1.84 bits per heavy atom. The zero-order valence-corrected chi connectivity index (χ0v) is 19.1. The monoisotopic (exact) mass is 444 g/mol. The first-order chi connectivity index (χ1) is 15.0. The lowest BCUT2D eigenvalue weighted by atomic mass is 9.92. The van der Waals surface area contributed by atoms with E-state index in [1.807, 2.05) is 19.2 Å². The van der Waals surface area contributed by atoms with Crippen molar-refractivity contribution in [3.8, 4) is 17.2 Å². The second-order valence-corrected chi connectivity index (χ2v) is 7.36. The van der Waals surface area contributed by atoms with Crippen LogP contribution in [0, 0.1) is 0 Å². The number of hydrogen-bond donors (Lipinski definition) is 1. The van der Waals surface area contributed by atoms with Crippen molar-refractivity contribution in [1.29, 1.82) is 0 Å². The molecule has 0 saturated carbocycles. The highest BCUT2D eigenvalue weighted by atomic mass is 32.1. The molecule has 0 spiro atoms. The molecule has 7 nitrogen and oxygen atoms in total. The molecule has 0 unspecified atom stereocenters. The molecule has 2 aromatic carbocycles. The summed E-state index contributed by atoms with van der Waals surface area (Å²) in [6, 6.07) is 10.9. The van der Waals surface area contributed by atoms with Crippen LogP contribution in [-0.2, 0) is 11.2 Å². The highest BCUT2D eigenvalue weighted by Crippen LogP contribution is 2.38. The lowest BCUT2D eigenvalue weighted by Gasteiger charge is -2.39. The van der Waals surface area contributed by atoms with E-state index in [1.54, 1.807) is 45.4 Å². The van der Waals surface area contributed by atoms with Crippen LogP contribution in [-0.4, -0.2) is 57.0 Å². The third-order valence-corrected chi connectivity index (χ3v) is 5.69. The summed E-state index contributed by atoms with van der Waals surface area (Å²) in [7, 11) is 5.08. The van der Waals surface area contributed by atoms with Gasteiger partial charge in [0.1, 0.15) is 12.4 Å². The molecule has 0 saturated heterocycles. The van der Waals surface area contributed by atoms with Crippen molar-refractivity contribution in [2.24, 2.45) is 0 Å². The summed E-state index contributed by atoms with van der Waals surface area (Å²) in [5, 5.41) is 3.73. The molecule has 1 atom stereocenters. The molecule has 31 heavy (non-hydrogen) atoms. The van der Waals surface area contributed by atoms with Crippen LogP contribution in [0.2, 0.25) is 0 Å². The number of fused-ring (bicyclic) bond motifs is 1. The highest BCUT2D eigenvalue weighted by molar-refractivity contribution is 7.80. The summed E-state index contributed by atoms with van der Waals surface area (Å²) in [6.07, 6.45) is 0.836. The molecule has 1 aliphatic rings. The maximum absolute atomic E-state index is 11.8. The third-order valence-electron chi connectivity index (χ3n) is 5.25. The standard InChI is InChI=1S/C23H28N2O5S/c1-5-29-22(26)15-6-8-17(9-7-15)30-14-19-18-13-21(28-4)20(27-3)12-16(18)10-11-25(19)23(31)24-2/h6-9,12-13,19H,5,10-11,14H2,1-4H3,(H,24,31)/t19-/m1/s1. The van der Waals surface area contributed by atoms with Crippen molar-refractivity contribution in [2.45, 2.75) is 19.4 Å². The van der Waals surface area contributed by atoms with Crippen molar-refractivity contribution in [3.05, 3.63) is 53.1 Å². The van der Waals surface area contributed by atoms with Crippen molar-refractivity contribution in [1.82, 2.24) is 10.2 Å². The number of nitrogens with zero attached hydrogens (tertiary/aromatic N) is 1. The molecule has 0 aliphatic carbocycles. The Morgan fingerprint density at radius 1 is 1.16 bits per heavy atom. The van der Waals surface area contributed by atoms with Gasteiger partial charge in [0.15, 0.2) is 16.6 Å².